The number of halogens is 1. The van der Waals surface area contributed by atoms with E-state index in [9.17, 15) is 9.59 Å². The largest absolute Gasteiger partial charge is 0.349 e. The summed E-state index contributed by atoms with van der Waals surface area (Å²) in [5.41, 5.74) is 0.843. The van der Waals surface area contributed by atoms with E-state index in [4.69, 9.17) is 0 Å². The molecule has 2 aromatic rings. The molecule has 7 heteroatoms. The number of rotatable bonds is 5. The van der Waals surface area contributed by atoms with E-state index < -0.39 is 0 Å². The Morgan fingerprint density at radius 1 is 1.48 bits per heavy atom. The summed E-state index contributed by atoms with van der Waals surface area (Å²) in [6, 6.07) is 5.13. The van der Waals surface area contributed by atoms with Gasteiger partial charge < -0.3 is 5.32 Å². The van der Waals surface area contributed by atoms with E-state index in [1.54, 1.807) is 18.2 Å². The van der Waals surface area contributed by atoms with Gasteiger partial charge in [0.15, 0.2) is 0 Å². The molecule has 1 amide bonds. The summed E-state index contributed by atoms with van der Waals surface area (Å²) in [6.07, 6.45) is 2.30. The minimum atomic E-state index is -0.132. The number of carbonyl (C=O) groups excluding carboxylic acids is 1. The fourth-order valence-corrected chi connectivity index (χ4v) is 3.36. The highest BCUT2D eigenvalue weighted by atomic mass is 79.9. The van der Waals surface area contributed by atoms with Crippen molar-refractivity contribution in [2.75, 3.05) is 6.54 Å². The van der Waals surface area contributed by atoms with Gasteiger partial charge in [0.2, 0.25) is 0 Å². The van der Waals surface area contributed by atoms with Crippen molar-refractivity contribution in [2.45, 2.75) is 25.3 Å². The molecule has 5 nitrogen and oxygen atoms in total. The average molecular weight is 368 g/mol. The van der Waals surface area contributed by atoms with Crippen molar-refractivity contribution in [1.82, 2.24) is 15.1 Å². The molecular weight excluding hydrogens is 354 g/mol. The first-order valence-electron chi connectivity index (χ1n) is 6.74. The van der Waals surface area contributed by atoms with Gasteiger partial charge in [0.25, 0.3) is 11.5 Å². The first-order chi connectivity index (χ1) is 10.1. The molecular formula is C14H14BrN3O2S. The molecule has 0 spiro atoms. The predicted molar refractivity (Wildman–Crippen MR) is 84.8 cm³/mol. The fourth-order valence-electron chi connectivity index (χ4n) is 2.02. The minimum absolute atomic E-state index is 0.128. The van der Waals surface area contributed by atoms with E-state index in [2.05, 4.69) is 26.3 Å². The van der Waals surface area contributed by atoms with E-state index in [-0.39, 0.29) is 11.5 Å². The van der Waals surface area contributed by atoms with Crippen LogP contribution in [0.5, 0.6) is 0 Å². The Balaban J connectivity index is 1.59. The van der Waals surface area contributed by atoms with Gasteiger partial charge in [0.05, 0.1) is 17.1 Å². The van der Waals surface area contributed by atoms with Gasteiger partial charge in [-0.25, -0.2) is 4.68 Å². The Morgan fingerprint density at radius 2 is 2.29 bits per heavy atom. The van der Waals surface area contributed by atoms with Crippen LogP contribution < -0.4 is 10.9 Å². The van der Waals surface area contributed by atoms with E-state index in [0.717, 1.165) is 23.0 Å². The van der Waals surface area contributed by atoms with Crippen molar-refractivity contribution in [3.63, 3.8) is 0 Å². The molecule has 0 bridgehead atoms. The summed E-state index contributed by atoms with van der Waals surface area (Å²) in [5.74, 6) is 0.381. The number of thiophene rings is 1. The van der Waals surface area contributed by atoms with Crippen LogP contribution in [0.2, 0.25) is 0 Å². The molecule has 0 aliphatic heterocycles. The summed E-state index contributed by atoms with van der Waals surface area (Å²) in [7, 11) is 0. The van der Waals surface area contributed by atoms with E-state index >= 15 is 0 Å². The number of nitrogens with zero attached hydrogens (tertiary/aromatic N) is 2. The third-order valence-corrected chi connectivity index (χ3v) is 4.97. The average Bonchev–Trinajstić information content (AvgIpc) is 3.22. The van der Waals surface area contributed by atoms with Gasteiger partial charge >= 0.3 is 0 Å². The number of aromatic nitrogens is 2. The molecule has 0 radical (unpaired) electrons. The van der Waals surface area contributed by atoms with E-state index in [1.165, 1.54) is 16.0 Å². The third kappa shape index (κ3) is 3.59. The molecule has 2 aromatic heterocycles. The molecule has 0 unspecified atom stereocenters. The lowest BCUT2D eigenvalue weighted by molar-refractivity contribution is 0.0955. The number of carbonyl (C=O) groups is 1. The lowest BCUT2D eigenvalue weighted by Crippen LogP contribution is -2.31. The Bertz CT molecular complexity index is 721. The van der Waals surface area contributed by atoms with Crippen LogP contribution in [0.15, 0.2) is 32.8 Å². The normalized spacial score (nSPS) is 14.1. The highest BCUT2D eigenvalue weighted by Gasteiger charge is 2.25. The summed E-state index contributed by atoms with van der Waals surface area (Å²) in [4.78, 5) is 24.3. The lowest BCUT2D eigenvalue weighted by atomic mass is 10.3. The predicted octanol–water partition coefficient (Wildman–Crippen LogP) is 2.37. The van der Waals surface area contributed by atoms with Crippen LogP contribution in [0.25, 0.3) is 0 Å². The molecule has 1 saturated carbocycles. The molecule has 1 aliphatic rings. The second-order valence-corrected chi connectivity index (χ2v) is 6.81. The fraction of sp³-hybridized carbons (Fsp3) is 0.357. The third-order valence-electron chi connectivity index (χ3n) is 3.28. The Morgan fingerprint density at radius 3 is 2.95 bits per heavy atom. The smallest absolute Gasteiger partial charge is 0.266 e. The van der Waals surface area contributed by atoms with Gasteiger partial charge in [-0.05, 0) is 40.9 Å². The Kier molecular flexibility index (Phi) is 4.21. The molecule has 3 rings (SSSR count). The van der Waals surface area contributed by atoms with Crippen molar-refractivity contribution < 1.29 is 4.79 Å². The second-order valence-electron chi connectivity index (χ2n) is 4.98. The maximum absolute atomic E-state index is 11.9. The molecule has 0 atom stereocenters. The zero-order chi connectivity index (χ0) is 14.8. The standard InChI is InChI=1S/C14H14BrN3O2S/c15-10-7-12(21-8-10)14(20)16-5-6-18-13(19)4-3-11(17-18)9-1-2-9/h3-4,7-9H,1-2,5-6H2,(H,16,20). The summed E-state index contributed by atoms with van der Waals surface area (Å²) in [5, 5.41) is 9.02. The van der Waals surface area contributed by atoms with Crippen molar-refractivity contribution in [1.29, 1.82) is 0 Å². The van der Waals surface area contributed by atoms with E-state index in [1.807, 2.05) is 5.38 Å². The highest BCUT2D eigenvalue weighted by Crippen LogP contribution is 2.38. The van der Waals surface area contributed by atoms with Gasteiger partial charge in [-0.15, -0.1) is 11.3 Å². The van der Waals surface area contributed by atoms with Gasteiger partial charge in [-0.3, -0.25) is 9.59 Å². The summed E-state index contributed by atoms with van der Waals surface area (Å²) in [6.45, 7) is 0.771. The van der Waals surface area contributed by atoms with Crippen molar-refractivity contribution in [3.8, 4) is 0 Å². The maximum Gasteiger partial charge on any atom is 0.266 e. The van der Waals surface area contributed by atoms with Crippen molar-refractivity contribution in [3.05, 3.63) is 49.0 Å². The van der Waals surface area contributed by atoms with Crippen LogP contribution in [0.3, 0.4) is 0 Å². The van der Waals surface area contributed by atoms with Crippen molar-refractivity contribution in [2.24, 2.45) is 0 Å². The van der Waals surface area contributed by atoms with Gasteiger partial charge in [-0.2, -0.15) is 5.10 Å². The zero-order valence-corrected chi connectivity index (χ0v) is 13.6. The van der Waals surface area contributed by atoms with Crippen LogP contribution in [0, 0.1) is 0 Å². The number of amides is 1. The van der Waals surface area contributed by atoms with Crippen LogP contribution in [0.1, 0.15) is 34.1 Å². The molecule has 21 heavy (non-hydrogen) atoms. The molecule has 0 aromatic carbocycles. The minimum Gasteiger partial charge on any atom is -0.349 e. The van der Waals surface area contributed by atoms with Crippen molar-refractivity contribution >= 4 is 33.2 Å². The molecule has 1 N–H and O–H groups in total. The monoisotopic (exact) mass is 367 g/mol. The summed E-state index contributed by atoms with van der Waals surface area (Å²) >= 11 is 4.70. The topological polar surface area (TPSA) is 64.0 Å². The first kappa shape index (κ1) is 14.5. The molecule has 110 valence electrons. The second kappa shape index (κ2) is 6.11. The lowest BCUT2D eigenvalue weighted by Gasteiger charge is -2.07. The molecule has 2 heterocycles. The number of hydrogen-bond acceptors (Lipinski definition) is 4. The number of hydrogen-bond donors (Lipinski definition) is 1. The summed E-state index contributed by atoms with van der Waals surface area (Å²) < 4.78 is 2.32. The molecule has 0 saturated heterocycles. The van der Waals surface area contributed by atoms with Gasteiger partial charge in [-0.1, -0.05) is 0 Å². The van der Waals surface area contributed by atoms with Crippen LogP contribution in [-0.2, 0) is 6.54 Å². The van der Waals surface area contributed by atoms with Crippen LogP contribution >= 0.6 is 27.3 Å². The molecule has 1 fully saturated rings. The van der Waals surface area contributed by atoms with Crippen LogP contribution in [0.4, 0.5) is 0 Å². The van der Waals surface area contributed by atoms with Gasteiger partial charge in [0.1, 0.15) is 0 Å². The zero-order valence-electron chi connectivity index (χ0n) is 11.2. The Labute approximate surface area is 134 Å². The quantitative estimate of drug-likeness (QED) is 0.882. The maximum atomic E-state index is 11.9. The molecule has 1 aliphatic carbocycles. The van der Waals surface area contributed by atoms with E-state index in [0.29, 0.717) is 23.9 Å². The highest BCUT2D eigenvalue weighted by molar-refractivity contribution is 9.10. The Hall–Kier alpha value is -1.47. The van der Waals surface area contributed by atoms with Crippen LogP contribution in [-0.4, -0.2) is 22.2 Å². The van der Waals surface area contributed by atoms with Gasteiger partial charge in [0, 0.05) is 28.4 Å². The SMILES string of the molecule is O=C(NCCn1nc(C2CC2)ccc1=O)c1cc(Br)cs1. The first-order valence-corrected chi connectivity index (χ1v) is 8.41. The number of nitrogens with one attached hydrogen (secondary N) is 1.